The second-order valence-electron chi connectivity index (χ2n) is 7.87. The highest BCUT2D eigenvalue weighted by Gasteiger charge is 2.49. The van der Waals surface area contributed by atoms with Crippen molar-refractivity contribution in [2.45, 2.75) is 18.4 Å². The van der Waals surface area contributed by atoms with Gasteiger partial charge in [0.15, 0.2) is 0 Å². The lowest BCUT2D eigenvalue weighted by Gasteiger charge is -2.25. The third kappa shape index (κ3) is 3.22. The van der Waals surface area contributed by atoms with E-state index in [0.29, 0.717) is 6.54 Å². The summed E-state index contributed by atoms with van der Waals surface area (Å²) in [4.78, 5) is 22.3. The van der Waals surface area contributed by atoms with Gasteiger partial charge in [0.05, 0.1) is 24.1 Å². The van der Waals surface area contributed by atoms with Gasteiger partial charge in [-0.1, -0.05) is 12.1 Å². The minimum absolute atomic E-state index is 0.0728. The number of thiophene rings is 1. The molecular weight excluding hydrogens is 382 g/mol. The SMILES string of the molecule is COc1cccc(CN2CC[C@@]3(C2)CN(C(=O)c2ccsc2)c2cccnc23)c1. The maximum absolute atomic E-state index is 13.1. The average Bonchev–Trinajstić information content (AvgIpc) is 3.49. The van der Waals surface area contributed by atoms with Crippen LogP contribution in [0.25, 0.3) is 0 Å². The lowest BCUT2D eigenvalue weighted by Crippen LogP contribution is -2.39. The third-order valence-corrected chi connectivity index (χ3v) is 6.71. The van der Waals surface area contributed by atoms with E-state index in [-0.39, 0.29) is 11.3 Å². The van der Waals surface area contributed by atoms with Crippen molar-refractivity contribution in [1.29, 1.82) is 0 Å². The molecule has 0 unspecified atom stereocenters. The first-order chi connectivity index (χ1) is 14.2. The van der Waals surface area contributed by atoms with Gasteiger partial charge in [0.2, 0.25) is 0 Å². The number of carbonyl (C=O) groups is 1. The van der Waals surface area contributed by atoms with Crippen LogP contribution in [-0.4, -0.2) is 42.5 Å². The fourth-order valence-corrected chi connectivity index (χ4v) is 5.28. The highest BCUT2D eigenvalue weighted by molar-refractivity contribution is 7.08. The maximum atomic E-state index is 13.1. The van der Waals surface area contributed by atoms with E-state index in [4.69, 9.17) is 9.72 Å². The van der Waals surface area contributed by atoms with Crippen LogP contribution in [0.2, 0.25) is 0 Å². The van der Waals surface area contributed by atoms with Gasteiger partial charge in [-0.25, -0.2) is 0 Å². The number of nitrogens with zero attached hydrogens (tertiary/aromatic N) is 3. The largest absolute Gasteiger partial charge is 0.497 e. The summed E-state index contributed by atoms with van der Waals surface area (Å²) in [6, 6.07) is 14.1. The van der Waals surface area contributed by atoms with Crippen LogP contribution >= 0.6 is 11.3 Å². The molecule has 6 heteroatoms. The standard InChI is InChI=1S/C23H23N3O2S/c1-28-19-5-2-4-17(12-19)13-25-10-8-23(15-25)16-26(20-6-3-9-24-21(20)23)22(27)18-7-11-29-14-18/h2-7,9,11-12,14H,8,10,13,15-16H2,1H3/t23-/m1/s1. The first kappa shape index (κ1) is 18.3. The van der Waals surface area contributed by atoms with Crippen LogP contribution in [0, 0.1) is 0 Å². The van der Waals surface area contributed by atoms with Crippen molar-refractivity contribution >= 4 is 22.9 Å². The molecule has 5 rings (SSSR count). The Morgan fingerprint density at radius 1 is 1.24 bits per heavy atom. The number of anilines is 1. The minimum atomic E-state index is -0.0961. The van der Waals surface area contributed by atoms with Crippen molar-refractivity contribution in [3.63, 3.8) is 0 Å². The minimum Gasteiger partial charge on any atom is -0.497 e. The molecule has 2 aromatic heterocycles. The van der Waals surface area contributed by atoms with E-state index in [2.05, 4.69) is 17.0 Å². The predicted octanol–water partition coefficient (Wildman–Crippen LogP) is 3.96. The Kier molecular flexibility index (Phi) is 4.60. The monoisotopic (exact) mass is 405 g/mol. The average molecular weight is 406 g/mol. The highest BCUT2D eigenvalue weighted by Crippen LogP contribution is 2.45. The van der Waals surface area contributed by atoms with Crippen LogP contribution in [0.3, 0.4) is 0 Å². The first-order valence-corrected chi connectivity index (χ1v) is 10.8. The second kappa shape index (κ2) is 7.28. The molecule has 1 saturated heterocycles. The summed E-state index contributed by atoms with van der Waals surface area (Å²) in [5.74, 6) is 0.959. The third-order valence-electron chi connectivity index (χ3n) is 6.03. The summed E-state index contributed by atoms with van der Waals surface area (Å²) < 4.78 is 5.36. The molecular formula is C23H23N3O2S. The molecule has 0 N–H and O–H groups in total. The molecule has 4 heterocycles. The molecule has 2 aliphatic rings. The molecule has 0 radical (unpaired) electrons. The van der Waals surface area contributed by atoms with Gasteiger partial charge in [0, 0.05) is 36.6 Å². The molecule has 29 heavy (non-hydrogen) atoms. The molecule has 1 fully saturated rings. The number of aromatic nitrogens is 1. The fraction of sp³-hybridized carbons (Fsp3) is 0.304. The van der Waals surface area contributed by atoms with Crippen LogP contribution < -0.4 is 9.64 Å². The van der Waals surface area contributed by atoms with Crippen molar-refractivity contribution in [2.75, 3.05) is 31.6 Å². The molecule has 0 aliphatic carbocycles. The molecule has 0 bridgehead atoms. The number of methoxy groups -OCH3 is 1. The summed E-state index contributed by atoms with van der Waals surface area (Å²) in [5.41, 5.74) is 3.94. The Hall–Kier alpha value is -2.70. The topological polar surface area (TPSA) is 45.7 Å². The smallest absolute Gasteiger partial charge is 0.259 e. The zero-order valence-corrected chi connectivity index (χ0v) is 17.2. The summed E-state index contributed by atoms with van der Waals surface area (Å²) in [7, 11) is 1.70. The Morgan fingerprint density at radius 2 is 2.17 bits per heavy atom. The Bertz CT molecular complexity index is 1040. The molecule has 3 aromatic rings. The van der Waals surface area contributed by atoms with E-state index in [9.17, 15) is 4.79 Å². The Balaban J connectivity index is 1.40. The normalized spacial score (nSPS) is 20.9. The molecule has 0 saturated carbocycles. The second-order valence-corrected chi connectivity index (χ2v) is 8.65. The number of likely N-dealkylation sites (tertiary alicyclic amines) is 1. The molecule has 1 aromatic carbocycles. The van der Waals surface area contributed by atoms with Crippen molar-refractivity contribution < 1.29 is 9.53 Å². The number of hydrogen-bond donors (Lipinski definition) is 0. The zero-order chi connectivity index (χ0) is 19.8. The van der Waals surface area contributed by atoms with Gasteiger partial charge in [-0.05, 0) is 54.2 Å². The van der Waals surface area contributed by atoms with E-state index in [0.717, 1.165) is 48.7 Å². The van der Waals surface area contributed by atoms with Crippen LogP contribution in [0.5, 0.6) is 5.75 Å². The van der Waals surface area contributed by atoms with E-state index in [1.54, 1.807) is 18.4 Å². The number of hydrogen-bond acceptors (Lipinski definition) is 5. The Morgan fingerprint density at radius 3 is 3.00 bits per heavy atom. The fourth-order valence-electron chi connectivity index (χ4n) is 4.65. The van der Waals surface area contributed by atoms with E-state index in [1.165, 1.54) is 5.56 Å². The lowest BCUT2D eigenvalue weighted by atomic mass is 9.85. The van der Waals surface area contributed by atoms with Crippen LogP contribution in [0.4, 0.5) is 5.69 Å². The summed E-state index contributed by atoms with van der Waals surface area (Å²) in [6.07, 6.45) is 2.86. The predicted molar refractivity (Wildman–Crippen MR) is 115 cm³/mol. The number of carbonyl (C=O) groups excluding carboxylic acids is 1. The summed E-state index contributed by atoms with van der Waals surface area (Å²) in [5, 5.41) is 3.88. The van der Waals surface area contributed by atoms with Gasteiger partial charge in [0.1, 0.15) is 5.75 Å². The van der Waals surface area contributed by atoms with Crippen molar-refractivity contribution in [1.82, 2.24) is 9.88 Å². The molecule has 1 spiro atoms. The van der Waals surface area contributed by atoms with Gasteiger partial charge < -0.3 is 9.64 Å². The lowest BCUT2D eigenvalue weighted by molar-refractivity contribution is 0.0985. The van der Waals surface area contributed by atoms with Gasteiger partial charge >= 0.3 is 0 Å². The van der Waals surface area contributed by atoms with Gasteiger partial charge in [-0.3, -0.25) is 14.7 Å². The molecule has 148 valence electrons. The maximum Gasteiger partial charge on any atom is 0.259 e. The summed E-state index contributed by atoms with van der Waals surface area (Å²) in [6.45, 7) is 3.47. The molecule has 1 amide bonds. The number of ether oxygens (including phenoxy) is 1. The van der Waals surface area contributed by atoms with Gasteiger partial charge in [-0.2, -0.15) is 11.3 Å². The quantitative estimate of drug-likeness (QED) is 0.659. The zero-order valence-electron chi connectivity index (χ0n) is 16.4. The van der Waals surface area contributed by atoms with Crippen LogP contribution in [0.1, 0.15) is 28.0 Å². The summed E-state index contributed by atoms with van der Waals surface area (Å²) >= 11 is 1.55. The van der Waals surface area contributed by atoms with Crippen molar-refractivity contribution in [3.05, 3.63) is 76.2 Å². The number of benzene rings is 1. The molecule has 2 aliphatic heterocycles. The van der Waals surface area contributed by atoms with Crippen molar-refractivity contribution in [2.24, 2.45) is 0 Å². The van der Waals surface area contributed by atoms with Crippen LogP contribution in [-0.2, 0) is 12.0 Å². The number of amides is 1. The number of rotatable bonds is 4. The van der Waals surface area contributed by atoms with Gasteiger partial charge in [-0.15, -0.1) is 0 Å². The van der Waals surface area contributed by atoms with Crippen molar-refractivity contribution in [3.8, 4) is 5.75 Å². The highest BCUT2D eigenvalue weighted by atomic mass is 32.1. The van der Waals surface area contributed by atoms with Gasteiger partial charge in [0.25, 0.3) is 5.91 Å². The number of fused-ring (bicyclic) bond motifs is 2. The van der Waals surface area contributed by atoms with E-state index < -0.39 is 0 Å². The molecule has 5 nitrogen and oxygen atoms in total. The first-order valence-electron chi connectivity index (χ1n) is 9.83. The molecule has 1 atom stereocenters. The Labute approximate surface area is 174 Å². The van der Waals surface area contributed by atoms with Crippen LogP contribution in [0.15, 0.2) is 59.4 Å². The number of pyridine rings is 1. The van der Waals surface area contributed by atoms with E-state index >= 15 is 0 Å². The van der Waals surface area contributed by atoms with E-state index in [1.807, 2.05) is 52.2 Å².